The van der Waals surface area contributed by atoms with Crippen LogP contribution in [0.1, 0.15) is 19.5 Å². The maximum Gasteiger partial charge on any atom is 0.345 e. The van der Waals surface area contributed by atoms with Crippen LogP contribution in [-0.4, -0.2) is 34.5 Å². The van der Waals surface area contributed by atoms with Crippen LogP contribution in [0.3, 0.4) is 0 Å². The first-order valence-electron chi connectivity index (χ1n) is 6.41. The zero-order chi connectivity index (χ0) is 15.4. The van der Waals surface area contributed by atoms with Gasteiger partial charge in [-0.25, -0.2) is 9.78 Å². The second kappa shape index (κ2) is 7.33. The number of anilines is 1. The van der Waals surface area contributed by atoms with E-state index in [1.54, 1.807) is 13.8 Å². The summed E-state index contributed by atoms with van der Waals surface area (Å²) in [5.74, 6) is 0.754. The highest BCUT2D eigenvalue weighted by Crippen LogP contribution is 2.39. The molecule has 8 heteroatoms. The molecule has 0 saturated carbocycles. The number of ether oxygens (including phenoxy) is 1. The predicted octanol–water partition coefficient (Wildman–Crippen LogP) is 3.03. The van der Waals surface area contributed by atoms with Gasteiger partial charge in [0.05, 0.1) is 16.0 Å². The largest absolute Gasteiger partial charge is 0.459 e. The zero-order valence-corrected chi connectivity index (χ0v) is 14.4. The van der Waals surface area contributed by atoms with Crippen LogP contribution in [0.25, 0.3) is 0 Å². The Kier molecular flexibility index (Phi) is 5.72. The minimum atomic E-state index is -0.576. The van der Waals surface area contributed by atoms with Crippen molar-refractivity contribution < 1.29 is 14.3 Å². The molecule has 0 unspecified atom stereocenters. The van der Waals surface area contributed by atoms with Crippen LogP contribution in [0, 0.1) is 6.92 Å². The number of hydrogen-bond donors (Lipinski definition) is 1. The standard InChI is InChI=1S/C13H16N2O3S3/c1-7(2)18-11(17)9(12-19-4-5-20-12)10(16)15-13-14-8(3)6-21-13/h6-7H,4-5H2,1-3H3,(H,14,15,16). The second-order valence-electron chi connectivity index (χ2n) is 4.56. The highest BCUT2D eigenvalue weighted by molar-refractivity contribution is 8.25. The van der Waals surface area contributed by atoms with Crippen LogP contribution in [0.15, 0.2) is 15.2 Å². The molecule has 2 rings (SSSR count). The van der Waals surface area contributed by atoms with E-state index in [-0.39, 0.29) is 11.7 Å². The lowest BCUT2D eigenvalue weighted by Gasteiger charge is -2.12. The maximum absolute atomic E-state index is 12.4. The molecule has 1 aromatic heterocycles. The quantitative estimate of drug-likeness (QED) is 0.392. The van der Waals surface area contributed by atoms with Gasteiger partial charge in [-0.1, -0.05) is 0 Å². The van der Waals surface area contributed by atoms with Gasteiger partial charge in [-0.2, -0.15) is 0 Å². The number of carbonyl (C=O) groups excluding carboxylic acids is 2. The molecular formula is C13H16N2O3S3. The van der Waals surface area contributed by atoms with Crippen molar-refractivity contribution in [2.24, 2.45) is 0 Å². The van der Waals surface area contributed by atoms with Gasteiger partial charge in [0.15, 0.2) is 5.13 Å². The first-order valence-corrected chi connectivity index (χ1v) is 9.26. The summed E-state index contributed by atoms with van der Waals surface area (Å²) in [5.41, 5.74) is 0.919. The molecule has 1 aliphatic heterocycles. The Morgan fingerprint density at radius 2 is 2.00 bits per heavy atom. The van der Waals surface area contributed by atoms with Gasteiger partial charge in [-0.05, 0) is 20.8 Å². The number of rotatable bonds is 4. The Hall–Kier alpha value is -0.990. The van der Waals surface area contributed by atoms with E-state index in [2.05, 4.69) is 10.3 Å². The molecular weight excluding hydrogens is 328 g/mol. The van der Waals surface area contributed by atoms with E-state index in [4.69, 9.17) is 4.74 Å². The average molecular weight is 344 g/mol. The molecule has 0 aliphatic carbocycles. The van der Waals surface area contributed by atoms with E-state index in [1.807, 2.05) is 12.3 Å². The van der Waals surface area contributed by atoms with Crippen molar-refractivity contribution in [3.05, 3.63) is 20.9 Å². The summed E-state index contributed by atoms with van der Waals surface area (Å²) >= 11 is 4.36. The Morgan fingerprint density at radius 3 is 2.52 bits per heavy atom. The summed E-state index contributed by atoms with van der Waals surface area (Å²) in [6.45, 7) is 5.37. The number of nitrogens with zero attached hydrogens (tertiary/aromatic N) is 1. The summed E-state index contributed by atoms with van der Waals surface area (Å²) in [6.07, 6.45) is -0.264. The van der Waals surface area contributed by atoms with E-state index in [9.17, 15) is 9.59 Å². The summed E-state index contributed by atoms with van der Waals surface area (Å²) in [4.78, 5) is 28.8. The SMILES string of the molecule is Cc1csc(NC(=O)C(C(=O)OC(C)C)=C2SCCS2)n1. The van der Waals surface area contributed by atoms with E-state index in [0.717, 1.165) is 21.4 Å². The van der Waals surface area contributed by atoms with E-state index < -0.39 is 11.9 Å². The molecule has 0 aromatic carbocycles. The van der Waals surface area contributed by atoms with Crippen LogP contribution >= 0.6 is 34.9 Å². The van der Waals surface area contributed by atoms with Gasteiger partial charge in [-0.15, -0.1) is 34.9 Å². The average Bonchev–Trinajstić information content (AvgIpc) is 3.01. The van der Waals surface area contributed by atoms with Crippen molar-refractivity contribution >= 4 is 51.9 Å². The summed E-state index contributed by atoms with van der Waals surface area (Å²) in [6, 6.07) is 0. The number of aromatic nitrogens is 1. The lowest BCUT2D eigenvalue weighted by Crippen LogP contribution is -2.25. The van der Waals surface area contributed by atoms with Gasteiger partial charge >= 0.3 is 5.97 Å². The topological polar surface area (TPSA) is 68.3 Å². The lowest BCUT2D eigenvalue weighted by molar-refractivity contribution is -0.143. The molecule has 0 atom stereocenters. The van der Waals surface area contributed by atoms with Crippen molar-refractivity contribution in [1.82, 2.24) is 4.98 Å². The molecule has 5 nitrogen and oxygen atoms in total. The van der Waals surface area contributed by atoms with E-state index >= 15 is 0 Å². The molecule has 1 N–H and O–H groups in total. The minimum Gasteiger partial charge on any atom is -0.459 e. The van der Waals surface area contributed by atoms with Gasteiger partial charge in [0.2, 0.25) is 0 Å². The van der Waals surface area contributed by atoms with Crippen LogP contribution < -0.4 is 5.32 Å². The number of thiazole rings is 1. The van der Waals surface area contributed by atoms with Gasteiger partial charge in [0.1, 0.15) is 5.57 Å². The first kappa shape index (κ1) is 16.4. The summed E-state index contributed by atoms with van der Waals surface area (Å²) in [5, 5.41) is 5.01. The Balaban J connectivity index is 2.21. The monoisotopic (exact) mass is 344 g/mol. The fourth-order valence-electron chi connectivity index (χ4n) is 1.57. The maximum atomic E-state index is 12.4. The molecule has 1 fully saturated rings. The predicted molar refractivity (Wildman–Crippen MR) is 88.7 cm³/mol. The van der Waals surface area contributed by atoms with Crippen molar-refractivity contribution in [3.8, 4) is 0 Å². The molecule has 1 aromatic rings. The number of amides is 1. The van der Waals surface area contributed by atoms with Gasteiger partial charge in [0.25, 0.3) is 5.91 Å². The third kappa shape index (κ3) is 4.49. The Labute approximate surface area is 135 Å². The molecule has 1 aliphatic rings. The van der Waals surface area contributed by atoms with E-state index in [0.29, 0.717) is 5.13 Å². The molecule has 0 spiro atoms. The number of esters is 1. The zero-order valence-electron chi connectivity index (χ0n) is 12.0. The van der Waals surface area contributed by atoms with E-state index in [1.165, 1.54) is 34.9 Å². The molecule has 0 radical (unpaired) electrons. The molecule has 21 heavy (non-hydrogen) atoms. The lowest BCUT2D eigenvalue weighted by atomic mass is 10.3. The van der Waals surface area contributed by atoms with Gasteiger partial charge in [0, 0.05) is 16.9 Å². The number of thioether (sulfide) groups is 2. The van der Waals surface area contributed by atoms with Gasteiger partial charge < -0.3 is 4.74 Å². The van der Waals surface area contributed by atoms with Crippen molar-refractivity contribution in [1.29, 1.82) is 0 Å². The van der Waals surface area contributed by atoms with Crippen LogP contribution in [0.4, 0.5) is 5.13 Å². The van der Waals surface area contributed by atoms with Crippen LogP contribution in [0.5, 0.6) is 0 Å². The number of carbonyl (C=O) groups is 2. The summed E-state index contributed by atoms with van der Waals surface area (Å²) in [7, 11) is 0. The van der Waals surface area contributed by atoms with Crippen molar-refractivity contribution in [2.45, 2.75) is 26.9 Å². The Morgan fingerprint density at radius 1 is 1.33 bits per heavy atom. The normalized spacial score (nSPS) is 14.4. The fraction of sp³-hybridized carbons (Fsp3) is 0.462. The molecule has 1 amide bonds. The first-order chi connectivity index (χ1) is 9.97. The van der Waals surface area contributed by atoms with Gasteiger partial charge in [-0.3, -0.25) is 10.1 Å². The molecule has 1 saturated heterocycles. The highest BCUT2D eigenvalue weighted by Gasteiger charge is 2.28. The third-order valence-electron chi connectivity index (χ3n) is 2.37. The Bertz CT molecular complexity index is 573. The number of nitrogens with one attached hydrogen (secondary N) is 1. The van der Waals surface area contributed by atoms with Crippen molar-refractivity contribution in [3.63, 3.8) is 0 Å². The number of hydrogen-bond acceptors (Lipinski definition) is 7. The number of aryl methyl sites for hydroxylation is 1. The highest BCUT2D eigenvalue weighted by atomic mass is 32.2. The van der Waals surface area contributed by atoms with Crippen LogP contribution in [-0.2, 0) is 14.3 Å². The summed E-state index contributed by atoms with van der Waals surface area (Å²) < 4.78 is 5.92. The molecule has 0 bridgehead atoms. The third-order valence-corrected chi connectivity index (χ3v) is 5.96. The smallest absolute Gasteiger partial charge is 0.345 e. The second-order valence-corrected chi connectivity index (χ2v) is 7.89. The molecule has 114 valence electrons. The minimum absolute atomic E-state index is 0.0871. The fourth-order valence-corrected chi connectivity index (χ4v) is 4.76. The van der Waals surface area contributed by atoms with Crippen LogP contribution in [0.2, 0.25) is 0 Å². The van der Waals surface area contributed by atoms with Crippen molar-refractivity contribution in [2.75, 3.05) is 16.8 Å². The molecule has 2 heterocycles.